The van der Waals surface area contributed by atoms with Gasteiger partial charge in [-0.3, -0.25) is 0 Å². The van der Waals surface area contributed by atoms with Crippen LogP contribution in [0.2, 0.25) is 0 Å². The Morgan fingerprint density at radius 2 is 1.70 bits per heavy atom. The lowest BCUT2D eigenvalue weighted by atomic mass is 9.78. The molecule has 1 saturated carbocycles. The molecule has 1 fully saturated rings. The van der Waals surface area contributed by atoms with Gasteiger partial charge in [-0.1, -0.05) is 31.9 Å². The van der Waals surface area contributed by atoms with E-state index in [4.69, 9.17) is 0 Å². The van der Waals surface area contributed by atoms with Crippen molar-refractivity contribution >= 4 is 0 Å². The third kappa shape index (κ3) is 1.42. The average Bonchev–Trinajstić information content (AvgIpc) is 1.57. The predicted molar refractivity (Wildman–Crippen MR) is 46.0 cm³/mol. The van der Waals surface area contributed by atoms with Gasteiger partial charge in [0.05, 0.1) is 0 Å². The van der Waals surface area contributed by atoms with Crippen molar-refractivity contribution in [2.24, 2.45) is 5.41 Å². The Hall–Kier alpha value is -0.260. The van der Waals surface area contributed by atoms with Crippen molar-refractivity contribution in [1.29, 1.82) is 0 Å². The Labute approximate surface area is 64.3 Å². The molecular formula is C10H18. The molecule has 1 aliphatic rings. The third-order valence-corrected chi connectivity index (χ3v) is 2.61. The standard InChI is InChI=1S/C10H18/c1-8(10(2,3)4)9-6-5-7-9/h5-7H2,1-4H3. The summed E-state index contributed by atoms with van der Waals surface area (Å²) < 4.78 is 0. The van der Waals surface area contributed by atoms with Crippen LogP contribution in [-0.4, -0.2) is 0 Å². The largest absolute Gasteiger partial charge is 0.0707 e. The van der Waals surface area contributed by atoms with Gasteiger partial charge in [0.2, 0.25) is 0 Å². The highest BCUT2D eigenvalue weighted by molar-refractivity contribution is 5.22. The quantitative estimate of drug-likeness (QED) is 0.449. The second-order valence-electron chi connectivity index (χ2n) is 4.33. The molecule has 0 aromatic carbocycles. The smallest absolute Gasteiger partial charge is 0.0173 e. The highest BCUT2D eigenvalue weighted by Crippen LogP contribution is 2.36. The van der Waals surface area contributed by atoms with Crippen LogP contribution in [-0.2, 0) is 0 Å². The molecule has 0 saturated heterocycles. The summed E-state index contributed by atoms with van der Waals surface area (Å²) in [5, 5.41) is 0. The van der Waals surface area contributed by atoms with E-state index in [2.05, 4.69) is 27.7 Å². The van der Waals surface area contributed by atoms with E-state index in [9.17, 15) is 0 Å². The number of allylic oxidation sites excluding steroid dienone is 2. The Morgan fingerprint density at radius 3 is 1.80 bits per heavy atom. The molecule has 0 N–H and O–H groups in total. The van der Waals surface area contributed by atoms with Gasteiger partial charge in [-0.25, -0.2) is 0 Å². The summed E-state index contributed by atoms with van der Waals surface area (Å²) in [5.41, 5.74) is 3.75. The van der Waals surface area contributed by atoms with Crippen molar-refractivity contribution in [3.63, 3.8) is 0 Å². The minimum atomic E-state index is 0.412. The van der Waals surface area contributed by atoms with E-state index >= 15 is 0 Å². The van der Waals surface area contributed by atoms with Gasteiger partial charge in [-0.15, -0.1) is 0 Å². The molecule has 0 unspecified atom stereocenters. The predicted octanol–water partition coefficient (Wildman–Crippen LogP) is 3.53. The lowest BCUT2D eigenvalue weighted by Crippen LogP contribution is -2.12. The van der Waals surface area contributed by atoms with Crippen molar-refractivity contribution in [3.8, 4) is 0 Å². The zero-order valence-corrected chi connectivity index (χ0v) is 7.62. The Bertz CT molecular complexity index is 149. The fourth-order valence-corrected chi connectivity index (χ4v) is 1.26. The molecule has 0 nitrogen and oxygen atoms in total. The Balaban J connectivity index is 2.71. The summed E-state index contributed by atoms with van der Waals surface area (Å²) in [6.45, 7) is 9.18. The maximum absolute atomic E-state index is 2.30. The minimum absolute atomic E-state index is 0.412. The normalized spacial score (nSPS) is 18.6. The molecule has 0 atom stereocenters. The summed E-state index contributed by atoms with van der Waals surface area (Å²) in [7, 11) is 0. The first-order valence-corrected chi connectivity index (χ1v) is 4.21. The second kappa shape index (κ2) is 2.41. The van der Waals surface area contributed by atoms with Crippen molar-refractivity contribution in [1.82, 2.24) is 0 Å². The van der Waals surface area contributed by atoms with Crippen LogP contribution in [0.5, 0.6) is 0 Å². The molecule has 0 bridgehead atoms. The Kier molecular flexibility index (Phi) is 1.89. The zero-order valence-electron chi connectivity index (χ0n) is 7.62. The van der Waals surface area contributed by atoms with Gasteiger partial charge in [0.1, 0.15) is 0 Å². The Morgan fingerprint density at radius 1 is 1.20 bits per heavy atom. The summed E-state index contributed by atoms with van der Waals surface area (Å²) in [6, 6.07) is 0. The van der Waals surface area contributed by atoms with Crippen molar-refractivity contribution in [2.45, 2.75) is 47.0 Å². The molecule has 0 heterocycles. The van der Waals surface area contributed by atoms with Crippen molar-refractivity contribution < 1.29 is 0 Å². The second-order valence-corrected chi connectivity index (χ2v) is 4.33. The SMILES string of the molecule is CC(=C1CCC1)C(C)(C)C. The maximum Gasteiger partial charge on any atom is -0.0173 e. The number of rotatable bonds is 0. The maximum atomic E-state index is 2.30. The van der Waals surface area contributed by atoms with E-state index in [0.29, 0.717) is 5.41 Å². The summed E-state index contributed by atoms with van der Waals surface area (Å²) in [6.07, 6.45) is 4.15. The first kappa shape index (κ1) is 7.84. The van der Waals surface area contributed by atoms with Crippen LogP contribution in [0.3, 0.4) is 0 Å². The van der Waals surface area contributed by atoms with E-state index in [0.717, 1.165) is 0 Å². The molecule has 0 heteroatoms. The fraction of sp³-hybridized carbons (Fsp3) is 0.800. The van der Waals surface area contributed by atoms with E-state index in [1.807, 2.05) is 0 Å². The van der Waals surface area contributed by atoms with E-state index in [-0.39, 0.29) is 0 Å². The first-order chi connectivity index (χ1) is 4.52. The molecule has 1 rings (SSSR count). The van der Waals surface area contributed by atoms with Crippen molar-refractivity contribution in [3.05, 3.63) is 11.1 Å². The highest BCUT2D eigenvalue weighted by atomic mass is 14.3. The molecule has 0 spiro atoms. The lowest BCUT2D eigenvalue weighted by molar-refractivity contribution is 0.477. The molecule has 0 aromatic heterocycles. The summed E-state index contributed by atoms with van der Waals surface area (Å²) in [5.74, 6) is 0. The monoisotopic (exact) mass is 138 g/mol. The molecular weight excluding hydrogens is 120 g/mol. The van der Waals surface area contributed by atoms with Gasteiger partial charge in [0.15, 0.2) is 0 Å². The summed E-state index contributed by atoms with van der Waals surface area (Å²) in [4.78, 5) is 0. The van der Waals surface area contributed by atoms with Crippen LogP contribution < -0.4 is 0 Å². The number of hydrogen-bond donors (Lipinski definition) is 0. The molecule has 10 heavy (non-hydrogen) atoms. The van der Waals surface area contributed by atoms with E-state index in [1.54, 1.807) is 11.1 Å². The zero-order chi connectivity index (χ0) is 7.78. The van der Waals surface area contributed by atoms with Gasteiger partial charge in [0.25, 0.3) is 0 Å². The molecule has 0 aromatic rings. The van der Waals surface area contributed by atoms with Gasteiger partial charge in [-0.05, 0) is 31.6 Å². The van der Waals surface area contributed by atoms with Crippen LogP contribution in [0.4, 0.5) is 0 Å². The van der Waals surface area contributed by atoms with Crippen LogP contribution in [0.1, 0.15) is 47.0 Å². The summed E-state index contributed by atoms with van der Waals surface area (Å²) >= 11 is 0. The van der Waals surface area contributed by atoms with Gasteiger partial charge in [-0.2, -0.15) is 0 Å². The van der Waals surface area contributed by atoms with Gasteiger partial charge >= 0.3 is 0 Å². The van der Waals surface area contributed by atoms with Gasteiger partial charge in [0, 0.05) is 0 Å². The number of hydrogen-bond acceptors (Lipinski definition) is 0. The van der Waals surface area contributed by atoms with Crippen LogP contribution in [0.25, 0.3) is 0 Å². The molecule has 58 valence electrons. The average molecular weight is 138 g/mol. The van der Waals surface area contributed by atoms with Gasteiger partial charge < -0.3 is 0 Å². The molecule has 1 aliphatic carbocycles. The molecule has 0 amide bonds. The van der Waals surface area contributed by atoms with Crippen LogP contribution in [0.15, 0.2) is 11.1 Å². The van der Waals surface area contributed by atoms with Crippen LogP contribution >= 0.6 is 0 Å². The van der Waals surface area contributed by atoms with E-state index < -0.39 is 0 Å². The minimum Gasteiger partial charge on any atom is -0.0707 e. The van der Waals surface area contributed by atoms with Crippen LogP contribution in [0, 0.1) is 5.41 Å². The third-order valence-electron chi connectivity index (χ3n) is 2.61. The highest BCUT2D eigenvalue weighted by Gasteiger charge is 2.20. The topological polar surface area (TPSA) is 0 Å². The first-order valence-electron chi connectivity index (χ1n) is 4.21. The molecule has 0 radical (unpaired) electrons. The van der Waals surface area contributed by atoms with E-state index in [1.165, 1.54) is 19.3 Å². The van der Waals surface area contributed by atoms with Crippen molar-refractivity contribution in [2.75, 3.05) is 0 Å². The molecule has 0 aliphatic heterocycles. The lowest BCUT2D eigenvalue weighted by Gasteiger charge is -2.28. The fourth-order valence-electron chi connectivity index (χ4n) is 1.26.